The van der Waals surface area contributed by atoms with Gasteiger partial charge in [0.05, 0.1) is 11.8 Å². The van der Waals surface area contributed by atoms with Crippen LogP contribution in [0.4, 0.5) is 5.69 Å². The smallest absolute Gasteiger partial charge is 0.408 e. The van der Waals surface area contributed by atoms with E-state index in [4.69, 9.17) is 4.42 Å². The van der Waals surface area contributed by atoms with E-state index < -0.39 is 15.8 Å². The molecule has 0 aliphatic carbocycles. The van der Waals surface area contributed by atoms with Gasteiger partial charge in [0.1, 0.15) is 0 Å². The molecule has 0 spiro atoms. The number of rotatable bonds is 7. The van der Waals surface area contributed by atoms with Gasteiger partial charge < -0.3 is 9.73 Å². The molecule has 3 aromatic rings. The average Bonchev–Trinajstić information content (AvgIpc) is 2.92. The van der Waals surface area contributed by atoms with Crippen LogP contribution in [0.5, 0.6) is 0 Å². The molecule has 0 aliphatic rings. The Kier molecular flexibility index (Phi) is 5.31. The van der Waals surface area contributed by atoms with E-state index in [0.29, 0.717) is 16.8 Å². The second-order valence-electron chi connectivity index (χ2n) is 6.09. The number of hydrogen-bond donors (Lipinski definition) is 2. The number of benzene rings is 2. The molecule has 2 aromatic carbocycles. The molecule has 0 saturated heterocycles. The van der Waals surface area contributed by atoms with Crippen LogP contribution in [0, 0.1) is 0 Å². The number of nitrogens with zero attached hydrogens (tertiary/aromatic N) is 1. The van der Waals surface area contributed by atoms with E-state index in [0.717, 1.165) is 11.8 Å². The molecule has 1 aromatic heterocycles. The van der Waals surface area contributed by atoms with Crippen LogP contribution >= 0.6 is 0 Å². The Hall–Kier alpha value is -3.07. The van der Waals surface area contributed by atoms with Crippen LogP contribution in [0.25, 0.3) is 11.1 Å². The quantitative estimate of drug-likeness (QED) is 0.639. The highest BCUT2D eigenvalue weighted by Gasteiger charge is 2.10. The van der Waals surface area contributed by atoms with Gasteiger partial charge in [0.15, 0.2) is 5.58 Å². The Labute approximate surface area is 155 Å². The van der Waals surface area contributed by atoms with Gasteiger partial charge in [0, 0.05) is 25.2 Å². The molecule has 1 heterocycles. The number of carbonyl (C=O) groups excluding carboxylic acids is 1. The molecule has 0 unspecified atom stereocenters. The molecule has 3 rings (SSSR count). The van der Waals surface area contributed by atoms with Gasteiger partial charge in [-0.25, -0.2) is 13.2 Å². The minimum Gasteiger partial charge on any atom is -0.408 e. The van der Waals surface area contributed by atoms with E-state index in [1.807, 2.05) is 0 Å². The Morgan fingerprint density at radius 2 is 1.93 bits per heavy atom. The van der Waals surface area contributed by atoms with Gasteiger partial charge in [-0.3, -0.25) is 14.1 Å². The second-order valence-corrected chi connectivity index (χ2v) is 7.84. The molecule has 0 radical (unpaired) electrons. The molecule has 27 heavy (non-hydrogen) atoms. The molecule has 8 nitrogen and oxygen atoms in total. The lowest BCUT2D eigenvalue weighted by atomic mass is 10.2. The number of sulfonamides is 1. The van der Waals surface area contributed by atoms with Gasteiger partial charge in [-0.15, -0.1) is 0 Å². The van der Waals surface area contributed by atoms with E-state index in [1.54, 1.807) is 48.5 Å². The molecule has 1 amide bonds. The first-order valence-electron chi connectivity index (χ1n) is 8.24. The summed E-state index contributed by atoms with van der Waals surface area (Å²) < 4.78 is 31.5. The highest BCUT2D eigenvalue weighted by Crippen LogP contribution is 2.13. The highest BCUT2D eigenvalue weighted by molar-refractivity contribution is 7.92. The molecule has 9 heteroatoms. The van der Waals surface area contributed by atoms with Gasteiger partial charge in [0.25, 0.3) is 0 Å². The van der Waals surface area contributed by atoms with Crippen molar-refractivity contribution in [3.05, 3.63) is 64.6 Å². The maximum absolute atomic E-state index is 12.1. The molecular formula is C18H19N3O5S. The summed E-state index contributed by atoms with van der Waals surface area (Å²) in [5.41, 5.74) is 2.32. The predicted molar refractivity (Wildman–Crippen MR) is 102 cm³/mol. The van der Waals surface area contributed by atoms with Crippen molar-refractivity contribution in [3.63, 3.8) is 0 Å². The lowest BCUT2D eigenvalue weighted by Gasteiger charge is -2.08. The third kappa shape index (κ3) is 4.98. The molecule has 0 saturated carbocycles. The Bertz CT molecular complexity index is 1130. The Morgan fingerprint density at radius 1 is 1.15 bits per heavy atom. The first-order valence-corrected chi connectivity index (χ1v) is 10.1. The Morgan fingerprint density at radius 3 is 2.70 bits per heavy atom. The summed E-state index contributed by atoms with van der Waals surface area (Å²) in [6, 6.07) is 13.8. The molecular weight excluding hydrogens is 370 g/mol. The van der Waals surface area contributed by atoms with E-state index in [9.17, 15) is 18.0 Å². The van der Waals surface area contributed by atoms with Crippen LogP contribution in [-0.4, -0.2) is 25.1 Å². The number of fused-ring (bicyclic) bond motifs is 1. The zero-order valence-corrected chi connectivity index (χ0v) is 15.5. The van der Waals surface area contributed by atoms with Gasteiger partial charge in [-0.05, 0) is 29.8 Å². The maximum atomic E-state index is 12.1. The van der Waals surface area contributed by atoms with Gasteiger partial charge >= 0.3 is 5.76 Å². The third-order valence-corrected chi connectivity index (χ3v) is 4.46. The zero-order valence-electron chi connectivity index (χ0n) is 14.6. The average molecular weight is 389 g/mol. The minimum atomic E-state index is -3.36. The monoisotopic (exact) mass is 389 g/mol. The number of aromatic nitrogens is 1. The van der Waals surface area contributed by atoms with E-state index >= 15 is 0 Å². The minimum absolute atomic E-state index is 0.116. The fraction of sp³-hybridized carbons (Fsp3) is 0.222. The predicted octanol–water partition coefficient (Wildman–Crippen LogP) is 1.67. The largest absolute Gasteiger partial charge is 0.419 e. The fourth-order valence-electron chi connectivity index (χ4n) is 2.69. The van der Waals surface area contributed by atoms with Crippen LogP contribution in [-0.2, 0) is 27.9 Å². The number of nitrogens with one attached hydrogen (secondary N) is 2. The standard InChI is InChI=1S/C18H19N3O5S/c1-27(24,25)20-14-6-4-5-13(11-14)12-19-17(22)9-10-21-15-7-2-3-8-16(15)26-18(21)23/h2-8,11,20H,9-10,12H2,1H3,(H,19,22). The zero-order chi connectivity index (χ0) is 19.4. The summed E-state index contributed by atoms with van der Waals surface area (Å²) in [6.45, 7) is 0.455. The van der Waals surface area contributed by atoms with Gasteiger partial charge in [-0.1, -0.05) is 24.3 Å². The lowest BCUT2D eigenvalue weighted by Crippen LogP contribution is -2.25. The fourth-order valence-corrected chi connectivity index (χ4v) is 3.24. The number of carbonyl (C=O) groups is 1. The van der Waals surface area contributed by atoms with Crippen molar-refractivity contribution in [2.24, 2.45) is 0 Å². The number of aryl methyl sites for hydroxylation is 1. The number of oxazole rings is 1. The van der Waals surface area contributed by atoms with Crippen molar-refractivity contribution in [2.75, 3.05) is 11.0 Å². The molecule has 0 bridgehead atoms. The summed E-state index contributed by atoms with van der Waals surface area (Å²) in [4.78, 5) is 24.0. The second kappa shape index (κ2) is 7.67. The third-order valence-electron chi connectivity index (χ3n) is 3.86. The first-order chi connectivity index (χ1) is 12.8. The molecule has 2 N–H and O–H groups in total. The first kappa shape index (κ1) is 18.7. The highest BCUT2D eigenvalue weighted by atomic mass is 32.2. The van der Waals surface area contributed by atoms with Crippen molar-refractivity contribution >= 4 is 32.7 Å². The topological polar surface area (TPSA) is 110 Å². The van der Waals surface area contributed by atoms with Crippen molar-refractivity contribution in [1.82, 2.24) is 9.88 Å². The molecule has 0 fully saturated rings. The van der Waals surface area contributed by atoms with Crippen molar-refractivity contribution in [1.29, 1.82) is 0 Å². The summed E-state index contributed by atoms with van der Waals surface area (Å²) >= 11 is 0. The SMILES string of the molecule is CS(=O)(=O)Nc1cccc(CNC(=O)CCn2c(=O)oc3ccccc32)c1. The summed E-state index contributed by atoms with van der Waals surface area (Å²) in [5.74, 6) is -0.725. The summed E-state index contributed by atoms with van der Waals surface area (Å²) in [6.07, 6.45) is 1.19. The van der Waals surface area contributed by atoms with Crippen LogP contribution < -0.4 is 15.8 Å². The molecule has 0 aliphatic heterocycles. The lowest BCUT2D eigenvalue weighted by molar-refractivity contribution is -0.121. The van der Waals surface area contributed by atoms with E-state index in [1.165, 1.54) is 4.57 Å². The van der Waals surface area contributed by atoms with E-state index in [-0.39, 0.29) is 25.4 Å². The number of para-hydroxylation sites is 2. The van der Waals surface area contributed by atoms with Crippen molar-refractivity contribution in [3.8, 4) is 0 Å². The number of hydrogen-bond acceptors (Lipinski definition) is 5. The van der Waals surface area contributed by atoms with Crippen molar-refractivity contribution in [2.45, 2.75) is 19.5 Å². The molecule has 0 atom stereocenters. The van der Waals surface area contributed by atoms with Crippen LogP contribution in [0.3, 0.4) is 0 Å². The van der Waals surface area contributed by atoms with Crippen LogP contribution in [0.15, 0.2) is 57.7 Å². The van der Waals surface area contributed by atoms with Crippen molar-refractivity contribution < 1.29 is 17.6 Å². The Balaban J connectivity index is 1.58. The van der Waals surface area contributed by atoms with Gasteiger partial charge in [0.2, 0.25) is 15.9 Å². The summed E-state index contributed by atoms with van der Waals surface area (Å²) in [7, 11) is -3.36. The maximum Gasteiger partial charge on any atom is 0.419 e. The normalized spacial score (nSPS) is 11.4. The summed E-state index contributed by atoms with van der Waals surface area (Å²) in [5, 5.41) is 2.76. The van der Waals surface area contributed by atoms with Gasteiger partial charge in [-0.2, -0.15) is 0 Å². The van der Waals surface area contributed by atoms with Crippen LogP contribution in [0.2, 0.25) is 0 Å². The van der Waals surface area contributed by atoms with Crippen LogP contribution in [0.1, 0.15) is 12.0 Å². The number of anilines is 1. The van der Waals surface area contributed by atoms with E-state index in [2.05, 4.69) is 10.0 Å². The number of amides is 1. The molecule has 142 valence electrons.